The van der Waals surface area contributed by atoms with Gasteiger partial charge in [-0.25, -0.2) is 0 Å². The standard InChI is InChI=1S/C32H26.CH4/c1-4-24-27-18-17-23(22-12-10-11-21(3)19-22)20-31(27)32(28(24)5-2)29-15-8-6-13-25(29)26-14-7-9-16-30(26)32;/h4-6,8-13,15-20H,1-2,7,14H2,3H3;1H4. The van der Waals surface area contributed by atoms with Crippen molar-refractivity contribution in [1.29, 1.82) is 0 Å². The Morgan fingerprint density at radius 3 is 2.42 bits per heavy atom. The summed E-state index contributed by atoms with van der Waals surface area (Å²) in [5, 5.41) is 0. The third-order valence-electron chi connectivity index (χ3n) is 7.40. The highest BCUT2D eigenvalue weighted by molar-refractivity contribution is 5.99. The Kier molecular flexibility index (Phi) is 4.98. The molecule has 0 aromatic heterocycles. The highest BCUT2D eigenvalue weighted by Crippen LogP contribution is 2.63. The number of allylic oxidation sites excluding steroid dienone is 8. The summed E-state index contributed by atoms with van der Waals surface area (Å²) in [5.41, 5.74) is 14.2. The Morgan fingerprint density at radius 2 is 1.64 bits per heavy atom. The SMILES string of the molecule is C.C=CC1=C(C=C)C2(C3=C(CCC=C3)c3ccccc32)c2cc(-c3cccc(C)c3)ccc21. The summed E-state index contributed by atoms with van der Waals surface area (Å²) in [4.78, 5) is 0. The van der Waals surface area contributed by atoms with E-state index in [-0.39, 0.29) is 12.8 Å². The molecule has 0 bridgehead atoms. The minimum atomic E-state index is -0.316. The van der Waals surface area contributed by atoms with E-state index in [1.54, 1.807) is 0 Å². The number of aryl methyl sites for hydroxylation is 1. The van der Waals surface area contributed by atoms with Crippen LogP contribution in [0.2, 0.25) is 0 Å². The molecule has 33 heavy (non-hydrogen) atoms. The lowest BCUT2D eigenvalue weighted by atomic mass is 9.68. The lowest BCUT2D eigenvalue weighted by Gasteiger charge is -2.33. The molecule has 3 aromatic rings. The van der Waals surface area contributed by atoms with E-state index in [2.05, 4.69) is 105 Å². The Hall–Kier alpha value is -3.64. The molecular weight excluding hydrogens is 396 g/mol. The van der Waals surface area contributed by atoms with Gasteiger partial charge in [0, 0.05) is 0 Å². The van der Waals surface area contributed by atoms with Crippen molar-refractivity contribution in [1.82, 2.24) is 0 Å². The van der Waals surface area contributed by atoms with Gasteiger partial charge in [-0.05, 0) is 81.5 Å². The van der Waals surface area contributed by atoms with Crippen LogP contribution in [0, 0.1) is 6.92 Å². The van der Waals surface area contributed by atoms with Crippen LogP contribution in [0.3, 0.4) is 0 Å². The van der Waals surface area contributed by atoms with Gasteiger partial charge in [0.15, 0.2) is 0 Å². The average Bonchev–Trinajstić information content (AvgIpc) is 3.30. The van der Waals surface area contributed by atoms with E-state index in [0.717, 1.165) is 12.8 Å². The molecule has 0 aliphatic heterocycles. The van der Waals surface area contributed by atoms with Crippen molar-refractivity contribution in [2.45, 2.75) is 32.6 Å². The topological polar surface area (TPSA) is 0 Å². The largest absolute Gasteiger partial charge is 0.0987 e. The van der Waals surface area contributed by atoms with Crippen molar-refractivity contribution < 1.29 is 0 Å². The first-order valence-electron chi connectivity index (χ1n) is 11.4. The third kappa shape index (κ3) is 2.70. The predicted octanol–water partition coefficient (Wildman–Crippen LogP) is 8.84. The molecule has 3 aliphatic rings. The molecule has 3 aliphatic carbocycles. The molecule has 0 radical (unpaired) electrons. The van der Waals surface area contributed by atoms with Crippen LogP contribution in [-0.2, 0) is 5.41 Å². The molecule has 0 N–H and O–H groups in total. The fraction of sp³-hybridized carbons (Fsp3) is 0.152. The summed E-state index contributed by atoms with van der Waals surface area (Å²) in [7, 11) is 0. The molecule has 0 amide bonds. The van der Waals surface area contributed by atoms with Crippen LogP contribution in [0.25, 0.3) is 22.3 Å². The van der Waals surface area contributed by atoms with Gasteiger partial charge in [-0.2, -0.15) is 0 Å². The van der Waals surface area contributed by atoms with Gasteiger partial charge in [0.2, 0.25) is 0 Å². The van der Waals surface area contributed by atoms with E-state index >= 15 is 0 Å². The molecule has 0 heteroatoms. The highest BCUT2D eigenvalue weighted by Gasteiger charge is 2.52. The molecule has 0 heterocycles. The molecule has 1 unspecified atom stereocenters. The fourth-order valence-corrected chi connectivity index (χ4v) is 6.16. The smallest absolute Gasteiger partial charge is 0.0722 e. The first-order valence-corrected chi connectivity index (χ1v) is 11.4. The number of fused-ring (bicyclic) bond motifs is 6. The summed E-state index contributed by atoms with van der Waals surface area (Å²) < 4.78 is 0. The Morgan fingerprint density at radius 1 is 0.818 bits per heavy atom. The molecule has 3 aromatic carbocycles. The summed E-state index contributed by atoms with van der Waals surface area (Å²) >= 11 is 0. The molecule has 0 fully saturated rings. The van der Waals surface area contributed by atoms with E-state index < -0.39 is 0 Å². The van der Waals surface area contributed by atoms with Crippen molar-refractivity contribution in [3.63, 3.8) is 0 Å². The summed E-state index contributed by atoms with van der Waals surface area (Å²) in [6.07, 6.45) is 11.0. The van der Waals surface area contributed by atoms with Gasteiger partial charge in [0.25, 0.3) is 0 Å². The number of rotatable bonds is 3. The van der Waals surface area contributed by atoms with Crippen molar-refractivity contribution in [2.24, 2.45) is 0 Å². The zero-order valence-corrected chi connectivity index (χ0v) is 18.5. The van der Waals surface area contributed by atoms with E-state index in [1.165, 1.54) is 61.2 Å². The minimum absolute atomic E-state index is 0. The maximum Gasteiger partial charge on any atom is 0.0722 e. The molecule has 6 rings (SSSR count). The van der Waals surface area contributed by atoms with Gasteiger partial charge in [-0.1, -0.05) is 111 Å². The molecule has 0 nitrogen and oxygen atoms in total. The third-order valence-corrected chi connectivity index (χ3v) is 7.40. The summed E-state index contributed by atoms with van der Waals surface area (Å²) in [6.45, 7) is 10.7. The van der Waals surface area contributed by atoms with Crippen LogP contribution in [0.4, 0.5) is 0 Å². The second kappa shape index (κ2) is 7.74. The van der Waals surface area contributed by atoms with Crippen molar-refractivity contribution in [3.05, 3.63) is 143 Å². The molecule has 162 valence electrons. The average molecular weight is 427 g/mol. The van der Waals surface area contributed by atoms with Crippen LogP contribution in [0.5, 0.6) is 0 Å². The number of hydrogen-bond donors (Lipinski definition) is 0. The lowest BCUT2D eigenvalue weighted by Crippen LogP contribution is -2.28. The highest BCUT2D eigenvalue weighted by atomic mass is 14.5. The Balaban J connectivity index is 0.00000228. The van der Waals surface area contributed by atoms with Crippen LogP contribution in [0.1, 0.15) is 48.1 Å². The van der Waals surface area contributed by atoms with Gasteiger partial charge in [0.1, 0.15) is 0 Å². The second-order valence-electron chi connectivity index (χ2n) is 8.99. The van der Waals surface area contributed by atoms with Crippen LogP contribution in [-0.4, -0.2) is 0 Å². The first kappa shape index (κ1) is 21.2. The predicted molar refractivity (Wildman–Crippen MR) is 143 cm³/mol. The van der Waals surface area contributed by atoms with E-state index in [9.17, 15) is 0 Å². The van der Waals surface area contributed by atoms with Crippen molar-refractivity contribution >= 4 is 11.1 Å². The maximum absolute atomic E-state index is 4.29. The zero-order valence-electron chi connectivity index (χ0n) is 18.5. The Bertz CT molecular complexity index is 1410. The molecule has 0 saturated heterocycles. The number of benzene rings is 3. The quantitative estimate of drug-likeness (QED) is 0.392. The van der Waals surface area contributed by atoms with Crippen molar-refractivity contribution in [3.8, 4) is 11.1 Å². The van der Waals surface area contributed by atoms with Gasteiger partial charge in [-0.15, -0.1) is 0 Å². The van der Waals surface area contributed by atoms with Gasteiger partial charge in [0.05, 0.1) is 5.41 Å². The second-order valence-corrected chi connectivity index (χ2v) is 8.99. The minimum Gasteiger partial charge on any atom is -0.0987 e. The van der Waals surface area contributed by atoms with Crippen LogP contribution < -0.4 is 0 Å². The monoisotopic (exact) mass is 426 g/mol. The van der Waals surface area contributed by atoms with Crippen LogP contribution in [0.15, 0.2) is 115 Å². The van der Waals surface area contributed by atoms with Gasteiger partial charge in [-0.3, -0.25) is 0 Å². The van der Waals surface area contributed by atoms with Crippen LogP contribution >= 0.6 is 0 Å². The molecule has 1 spiro atoms. The molecular formula is C33H30. The summed E-state index contributed by atoms with van der Waals surface area (Å²) in [6, 6.07) is 24.7. The summed E-state index contributed by atoms with van der Waals surface area (Å²) in [5.74, 6) is 0. The molecule has 0 saturated carbocycles. The van der Waals surface area contributed by atoms with E-state index in [4.69, 9.17) is 0 Å². The Labute approximate surface area is 198 Å². The van der Waals surface area contributed by atoms with E-state index in [1.807, 2.05) is 6.08 Å². The first-order chi connectivity index (χ1) is 15.7. The maximum atomic E-state index is 4.29. The molecule has 1 atom stereocenters. The van der Waals surface area contributed by atoms with Crippen molar-refractivity contribution in [2.75, 3.05) is 0 Å². The van der Waals surface area contributed by atoms with Gasteiger partial charge >= 0.3 is 0 Å². The fourth-order valence-electron chi connectivity index (χ4n) is 6.16. The lowest BCUT2D eigenvalue weighted by molar-refractivity contribution is 0.774. The zero-order chi connectivity index (χ0) is 21.9. The normalized spacial score (nSPS) is 19.8. The van der Waals surface area contributed by atoms with Gasteiger partial charge < -0.3 is 0 Å². The number of hydrogen-bond acceptors (Lipinski definition) is 0. The van der Waals surface area contributed by atoms with E-state index in [0.29, 0.717) is 0 Å².